The number of rotatable bonds is 5. The molecule has 0 aliphatic carbocycles. The summed E-state index contributed by atoms with van der Waals surface area (Å²) in [5.41, 5.74) is 0.470. The first-order valence-electron chi connectivity index (χ1n) is 7.73. The van der Waals surface area contributed by atoms with Crippen molar-refractivity contribution in [1.29, 1.82) is 0 Å². The van der Waals surface area contributed by atoms with E-state index in [-0.39, 0.29) is 11.5 Å². The van der Waals surface area contributed by atoms with E-state index < -0.39 is 0 Å². The summed E-state index contributed by atoms with van der Waals surface area (Å²) in [6.45, 7) is 8.11. The first kappa shape index (κ1) is 15.8. The Balaban J connectivity index is 1.90. The van der Waals surface area contributed by atoms with Crippen LogP contribution in [0.15, 0.2) is 24.3 Å². The van der Waals surface area contributed by atoms with E-state index in [2.05, 4.69) is 10.6 Å². The molecular weight excluding hydrogens is 264 g/mol. The molecule has 1 aliphatic heterocycles. The Hall–Kier alpha value is -1.55. The van der Waals surface area contributed by atoms with Crippen LogP contribution in [0.5, 0.6) is 5.75 Å². The minimum absolute atomic E-state index is 0.0619. The molecule has 0 radical (unpaired) electrons. The number of hydrogen-bond donors (Lipinski definition) is 2. The second-order valence-corrected chi connectivity index (χ2v) is 6.66. The third-order valence-corrected chi connectivity index (χ3v) is 3.52. The fourth-order valence-corrected chi connectivity index (χ4v) is 2.50. The van der Waals surface area contributed by atoms with E-state index in [0.29, 0.717) is 12.3 Å². The predicted octanol–water partition coefficient (Wildman–Crippen LogP) is 3.19. The average molecular weight is 290 g/mol. The van der Waals surface area contributed by atoms with Crippen molar-refractivity contribution in [3.05, 3.63) is 24.3 Å². The Bertz CT molecular complexity index is 474. The maximum Gasteiger partial charge on any atom is 0.224 e. The first-order chi connectivity index (χ1) is 9.94. The monoisotopic (exact) mass is 290 g/mol. The maximum atomic E-state index is 12.1. The summed E-state index contributed by atoms with van der Waals surface area (Å²) in [5.74, 6) is 1.42. The Morgan fingerprint density at radius 2 is 2.14 bits per heavy atom. The van der Waals surface area contributed by atoms with Gasteiger partial charge in [0.2, 0.25) is 5.91 Å². The van der Waals surface area contributed by atoms with E-state index in [1.807, 2.05) is 45.0 Å². The molecule has 0 aromatic heterocycles. The molecule has 1 atom stereocenters. The predicted molar refractivity (Wildman–Crippen MR) is 85.7 cm³/mol. The molecule has 2 N–H and O–H groups in total. The molecule has 1 unspecified atom stereocenters. The Labute approximate surface area is 127 Å². The lowest BCUT2D eigenvalue weighted by Gasteiger charge is -2.23. The number of nitrogens with one attached hydrogen (secondary N) is 2. The largest absolute Gasteiger partial charge is 0.486 e. The van der Waals surface area contributed by atoms with Gasteiger partial charge in [0.15, 0.2) is 0 Å². The lowest BCUT2D eigenvalue weighted by molar-refractivity contribution is -0.116. The zero-order valence-electron chi connectivity index (χ0n) is 13.2. The standard InChI is InChI=1S/C17H26N2O2/c1-17(2,3)21-15-7-5-4-6-14(15)19-16(20)9-8-13-10-11-18-12-13/h4-7,13,18H,8-12H2,1-3H3,(H,19,20). The molecule has 1 aromatic carbocycles. The number of amides is 1. The highest BCUT2D eigenvalue weighted by molar-refractivity contribution is 5.92. The summed E-state index contributed by atoms with van der Waals surface area (Å²) in [7, 11) is 0. The van der Waals surface area contributed by atoms with Crippen LogP contribution in [-0.2, 0) is 4.79 Å². The Kier molecular flexibility index (Phi) is 5.23. The summed E-state index contributed by atoms with van der Waals surface area (Å²) in [6.07, 6.45) is 2.69. The highest BCUT2D eigenvalue weighted by Crippen LogP contribution is 2.28. The average Bonchev–Trinajstić information content (AvgIpc) is 2.90. The van der Waals surface area contributed by atoms with Gasteiger partial charge in [0, 0.05) is 6.42 Å². The molecule has 1 aliphatic rings. The zero-order valence-corrected chi connectivity index (χ0v) is 13.2. The van der Waals surface area contributed by atoms with Crippen LogP contribution >= 0.6 is 0 Å². The van der Waals surface area contributed by atoms with Crippen LogP contribution < -0.4 is 15.4 Å². The minimum atomic E-state index is -0.281. The molecule has 1 heterocycles. The van der Waals surface area contributed by atoms with Crippen LogP contribution in [0.4, 0.5) is 5.69 Å². The molecule has 2 rings (SSSR count). The quantitative estimate of drug-likeness (QED) is 0.875. The van der Waals surface area contributed by atoms with Gasteiger partial charge >= 0.3 is 0 Å². The highest BCUT2D eigenvalue weighted by atomic mass is 16.5. The Morgan fingerprint density at radius 1 is 1.38 bits per heavy atom. The van der Waals surface area contributed by atoms with Gasteiger partial charge in [-0.2, -0.15) is 0 Å². The van der Waals surface area contributed by atoms with E-state index in [9.17, 15) is 4.79 Å². The van der Waals surface area contributed by atoms with Gasteiger partial charge in [0.25, 0.3) is 0 Å². The number of para-hydroxylation sites is 2. The lowest BCUT2D eigenvalue weighted by Crippen LogP contribution is -2.24. The van der Waals surface area contributed by atoms with E-state index >= 15 is 0 Å². The van der Waals surface area contributed by atoms with Gasteiger partial charge in [-0.3, -0.25) is 4.79 Å². The first-order valence-corrected chi connectivity index (χ1v) is 7.73. The fraction of sp³-hybridized carbons (Fsp3) is 0.588. The van der Waals surface area contributed by atoms with E-state index in [4.69, 9.17) is 4.74 Å². The Morgan fingerprint density at radius 3 is 2.81 bits per heavy atom. The van der Waals surface area contributed by atoms with Crippen molar-refractivity contribution in [1.82, 2.24) is 5.32 Å². The second-order valence-electron chi connectivity index (χ2n) is 6.66. The maximum absolute atomic E-state index is 12.1. The van der Waals surface area contributed by atoms with Gasteiger partial charge < -0.3 is 15.4 Å². The number of carbonyl (C=O) groups is 1. The SMILES string of the molecule is CC(C)(C)Oc1ccccc1NC(=O)CCC1CCNC1. The van der Waals surface area contributed by atoms with E-state index in [1.54, 1.807) is 0 Å². The normalized spacial score (nSPS) is 18.5. The van der Waals surface area contributed by atoms with Crippen molar-refractivity contribution in [2.24, 2.45) is 5.92 Å². The molecule has 0 spiro atoms. The summed E-state index contributed by atoms with van der Waals surface area (Å²) >= 11 is 0. The van der Waals surface area contributed by atoms with Gasteiger partial charge in [-0.1, -0.05) is 12.1 Å². The van der Waals surface area contributed by atoms with Crippen LogP contribution in [0.2, 0.25) is 0 Å². The highest BCUT2D eigenvalue weighted by Gasteiger charge is 2.18. The van der Waals surface area contributed by atoms with Crippen molar-refractivity contribution in [3.8, 4) is 5.75 Å². The number of hydrogen-bond acceptors (Lipinski definition) is 3. The van der Waals surface area contributed by atoms with Gasteiger partial charge in [-0.05, 0) is 64.8 Å². The second kappa shape index (κ2) is 6.94. The molecule has 4 nitrogen and oxygen atoms in total. The fourth-order valence-electron chi connectivity index (χ4n) is 2.50. The number of carbonyl (C=O) groups excluding carboxylic acids is 1. The lowest BCUT2D eigenvalue weighted by atomic mass is 10.0. The number of anilines is 1. The van der Waals surface area contributed by atoms with Gasteiger partial charge in [-0.25, -0.2) is 0 Å². The van der Waals surface area contributed by atoms with Crippen LogP contribution in [0, 0.1) is 5.92 Å². The third kappa shape index (κ3) is 5.38. The zero-order chi connectivity index (χ0) is 15.3. The molecule has 1 amide bonds. The summed E-state index contributed by atoms with van der Waals surface area (Å²) in [5, 5.41) is 6.30. The van der Waals surface area contributed by atoms with Crippen molar-refractivity contribution >= 4 is 11.6 Å². The molecule has 0 bridgehead atoms. The van der Waals surface area contributed by atoms with Gasteiger partial charge in [-0.15, -0.1) is 0 Å². The molecule has 1 saturated heterocycles. The molecular formula is C17H26N2O2. The van der Waals surface area contributed by atoms with Crippen LogP contribution in [0.25, 0.3) is 0 Å². The molecule has 21 heavy (non-hydrogen) atoms. The number of benzene rings is 1. The molecule has 4 heteroatoms. The minimum Gasteiger partial charge on any atom is -0.486 e. The third-order valence-electron chi connectivity index (χ3n) is 3.52. The van der Waals surface area contributed by atoms with Crippen LogP contribution in [0.3, 0.4) is 0 Å². The van der Waals surface area contributed by atoms with E-state index in [1.165, 1.54) is 6.42 Å². The van der Waals surface area contributed by atoms with Gasteiger partial charge in [0.1, 0.15) is 11.4 Å². The molecule has 0 saturated carbocycles. The molecule has 1 aromatic rings. The summed E-state index contributed by atoms with van der Waals surface area (Å²) in [6, 6.07) is 7.60. The van der Waals surface area contributed by atoms with Crippen LogP contribution in [0.1, 0.15) is 40.0 Å². The number of ether oxygens (including phenoxy) is 1. The van der Waals surface area contributed by atoms with Gasteiger partial charge in [0.05, 0.1) is 5.69 Å². The molecule has 1 fully saturated rings. The smallest absolute Gasteiger partial charge is 0.224 e. The van der Waals surface area contributed by atoms with E-state index in [0.717, 1.165) is 30.9 Å². The van der Waals surface area contributed by atoms with Crippen molar-refractivity contribution in [3.63, 3.8) is 0 Å². The topological polar surface area (TPSA) is 50.4 Å². The van der Waals surface area contributed by atoms with Crippen molar-refractivity contribution in [2.75, 3.05) is 18.4 Å². The molecule has 116 valence electrons. The van der Waals surface area contributed by atoms with Crippen molar-refractivity contribution in [2.45, 2.75) is 45.6 Å². The summed E-state index contributed by atoms with van der Waals surface area (Å²) in [4.78, 5) is 12.1. The van der Waals surface area contributed by atoms with Crippen LogP contribution in [-0.4, -0.2) is 24.6 Å². The summed E-state index contributed by atoms with van der Waals surface area (Å²) < 4.78 is 5.89. The van der Waals surface area contributed by atoms with Crippen molar-refractivity contribution < 1.29 is 9.53 Å².